The molecule has 0 aromatic carbocycles. The summed E-state index contributed by atoms with van der Waals surface area (Å²) in [6.07, 6.45) is 0. The zero-order chi connectivity index (χ0) is 9.40. The molecule has 0 aromatic heterocycles. The monoisotopic (exact) mass is 210 g/mol. The van der Waals surface area contributed by atoms with Gasteiger partial charge in [-0.3, -0.25) is 0 Å². The number of methoxy groups -OCH3 is 2. The predicted octanol–water partition coefficient (Wildman–Crippen LogP) is 2.44. The van der Waals surface area contributed by atoms with Gasteiger partial charge in [0.15, 0.2) is 0 Å². The maximum atomic E-state index is 5.11. The molecule has 12 heavy (non-hydrogen) atoms. The average Bonchev–Trinajstić information content (AvgIpc) is 2.11. The van der Waals surface area contributed by atoms with Crippen molar-refractivity contribution in [1.82, 2.24) is 0 Å². The Balaban J connectivity index is 3.10. The van der Waals surface area contributed by atoms with Gasteiger partial charge in [-0.25, -0.2) is 0 Å². The molecule has 2 atom stereocenters. The van der Waals surface area contributed by atoms with E-state index >= 15 is 0 Å². The maximum absolute atomic E-state index is 5.11. The number of ether oxygens (including phenoxy) is 2. The molecule has 0 N–H and O–H groups in total. The van der Waals surface area contributed by atoms with Crippen LogP contribution in [0.25, 0.3) is 0 Å². The van der Waals surface area contributed by atoms with Crippen LogP contribution in [0.1, 0.15) is 13.8 Å². The zero-order valence-corrected chi connectivity index (χ0v) is 9.83. The van der Waals surface area contributed by atoms with E-state index in [1.165, 1.54) is 0 Å². The Labute approximate surface area is 83.8 Å². The molecular weight excluding hydrogens is 192 g/mol. The van der Waals surface area contributed by atoms with Crippen LogP contribution in [0.4, 0.5) is 0 Å². The Morgan fingerprint density at radius 1 is 0.917 bits per heavy atom. The second-order valence-corrected chi connectivity index (χ2v) is 5.16. The van der Waals surface area contributed by atoms with Crippen LogP contribution in [0.2, 0.25) is 0 Å². The molecule has 4 heteroatoms. The first-order valence-electron chi connectivity index (χ1n) is 3.99. The second-order valence-electron chi connectivity index (χ2n) is 2.35. The summed E-state index contributed by atoms with van der Waals surface area (Å²) in [5, 5.41) is 0. The van der Waals surface area contributed by atoms with E-state index in [2.05, 4.69) is 13.8 Å². The van der Waals surface area contributed by atoms with Gasteiger partial charge >= 0.3 is 0 Å². The number of rotatable bonds is 7. The molecule has 0 fully saturated rings. The lowest BCUT2D eigenvalue weighted by molar-refractivity contribution is 0.187. The molecule has 0 radical (unpaired) electrons. The van der Waals surface area contributed by atoms with Gasteiger partial charge in [0.2, 0.25) is 0 Å². The molecule has 0 aliphatic carbocycles. The van der Waals surface area contributed by atoms with Crippen molar-refractivity contribution in [2.45, 2.75) is 24.7 Å². The minimum atomic E-state index is 0.309. The van der Waals surface area contributed by atoms with E-state index in [1.54, 1.807) is 14.2 Å². The predicted molar refractivity (Wildman–Crippen MR) is 57.9 cm³/mol. The molecule has 0 aromatic rings. The molecule has 0 spiro atoms. The molecule has 0 aliphatic heterocycles. The van der Waals surface area contributed by atoms with Crippen LogP contribution in [-0.4, -0.2) is 36.6 Å². The topological polar surface area (TPSA) is 18.5 Å². The zero-order valence-electron chi connectivity index (χ0n) is 8.20. The maximum Gasteiger partial charge on any atom is 0.0995 e. The van der Waals surface area contributed by atoms with E-state index < -0.39 is 0 Å². The van der Waals surface area contributed by atoms with Crippen molar-refractivity contribution in [2.75, 3.05) is 25.7 Å². The van der Waals surface area contributed by atoms with Crippen LogP contribution in [0, 0.1) is 0 Å². The van der Waals surface area contributed by atoms with Crippen LogP contribution in [0.5, 0.6) is 0 Å². The molecule has 0 saturated carbocycles. The Morgan fingerprint density at radius 3 is 1.50 bits per heavy atom. The minimum absolute atomic E-state index is 0.309. The summed E-state index contributed by atoms with van der Waals surface area (Å²) in [5.74, 6) is 2.24. The van der Waals surface area contributed by atoms with Gasteiger partial charge in [0, 0.05) is 25.7 Å². The van der Waals surface area contributed by atoms with Crippen LogP contribution in [0.15, 0.2) is 0 Å². The number of hydrogen-bond acceptors (Lipinski definition) is 4. The molecular formula is C8H18O2S2. The summed E-state index contributed by atoms with van der Waals surface area (Å²) in [7, 11) is 3.48. The first-order valence-corrected chi connectivity index (χ1v) is 6.09. The second kappa shape index (κ2) is 8.23. The van der Waals surface area contributed by atoms with Crippen molar-refractivity contribution in [3.8, 4) is 0 Å². The van der Waals surface area contributed by atoms with E-state index in [0.29, 0.717) is 10.9 Å². The Hall–Kier alpha value is 0.620. The van der Waals surface area contributed by atoms with Gasteiger partial charge in [-0.05, 0) is 13.8 Å². The molecule has 0 heterocycles. The lowest BCUT2D eigenvalue weighted by Crippen LogP contribution is -2.04. The van der Waals surface area contributed by atoms with Crippen LogP contribution < -0.4 is 0 Å². The van der Waals surface area contributed by atoms with Gasteiger partial charge in [0.1, 0.15) is 0 Å². The SMILES string of the molecule is COC(C)SCCSC(C)OC. The molecule has 2 unspecified atom stereocenters. The third kappa shape index (κ3) is 7.28. The third-order valence-corrected chi connectivity index (χ3v) is 3.91. The van der Waals surface area contributed by atoms with Gasteiger partial charge in [0.05, 0.1) is 10.9 Å². The summed E-state index contributed by atoms with van der Waals surface area (Å²) in [4.78, 5) is 0. The van der Waals surface area contributed by atoms with E-state index in [1.807, 2.05) is 23.5 Å². The highest BCUT2D eigenvalue weighted by Gasteiger charge is 2.01. The molecule has 2 nitrogen and oxygen atoms in total. The molecule has 74 valence electrons. The molecule has 0 aliphatic rings. The Kier molecular flexibility index (Phi) is 8.65. The largest absolute Gasteiger partial charge is 0.371 e. The highest BCUT2D eigenvalue weighted by Crippen LogP contribution is 2.16. The fourth-order valence-corrected chi connectivity index (χ4v) is 2.27. The van der Waals surface area contributed by atoms with Crippen molar-refractivity contribution in [2.24, 2.45) is 0 Å². The molecule has 0 rings (SSSR count). The normalized spacial score (nSPS) is 16.0. The highest BCUT2D eigenvalue weighted by atomic mass is 32.2. The molecule has 0 bridgehead atoms. The quantitative estimate of drug-likeness (QED) is 0.474. The van der Waals surface area contributed by atoms with E-state index in [4.69, 9.17) is 9.47 Å². The van der Waals surface area contributed by atoms with Crippen molar-refractivity contribution in [1.29, 1.82) is 0 Å². The van der Waals surface area contributed by atoms with Crippen molar-refractivity contribution >= 4 is 23.5 Å². The Morgan fingerprint density at radius 2 is 1.25 bits per heavy atom. The fourth-order valence-electron chi connectivity index (χ4n) is 0.564. The van der Waals surface area contributed by atoms with Gasteiger partial charge in [-0.15, -0.1) is 23.5 Å². The smallest absolute Gasteiger partial charge is 0.0995 e. The van der Waals surface area contributed by atoms with E-state index in [0.717, 1.165) is 11.5 Å². The van der Waals surface area contributed by atoms with Crippen LogP contribution in [0.3, 0.4) is 0 Å². The first-order chi connectivity index (χ1) is 5.70. The lowest BCUT2D eigenvalue weighted by Gasteiger charge is -2.10. The third-order valence-electron chi connectivity index (χ3n) is 1.45. The van der Waals surface area contributed by atoms with E-state index in [9.17, 15) is 0 Å². The van der Waals surface area contributed by atoms with Crippen molar-refractivity contribution < 1.29 is 9.47 Å². The summed E-state index contributed by atoms with van der Waals surface area (Å²) >= 11 is 3.66. The van der Waals surface area contributed by atoms with E-state index in [-0.39, 0.29) is 0 Å². The minimum Gasteiger partial charge on any atom is -0.371 e. The van der Waals surface area contributed by atoms with Gasteiger partial charge < -0.3 is 9.47 Å². The summed E-state index contributed by atoms with van der Waals surface area (Å²) in [6, 6.07) is 0. The standard InChI is InChI=1S/C8H18O2S2/c1-7(9-3)11-5-6-12-8(2)10-4/h7-8H,5-6H2,1-4H3. The summed E-state index contributed by atoms with van der Waals surface area (Å²) in [5.41, 5.74) is 0.618. The van der Waals surface area contributed by atoms with Gasteiger partial charge in [0.25, 0.3) is 0 Å². The first kappa shape index (κ1) is 12.6. The Bertz CT molecular complexity index is 89.1. The average molecular weight is 210 g/mol. The number of hydrogen-bond donors (Lipinski definition) is 0. The molecule has 0 amide bonds. The van der Waals surface area contributed by atoms with Gasteiger partial charge in [-0.1, -0.05) is 0 Å². The van der Waals surface area contributed by atoms with Crippen molar-refractivity contribution in [3.05, 3.63) is 0 Å². The highest BCUT2D eigenvalue weighted by molar-refractivity contribution is 8.03. The number of thioether (sulfide) groups is 2. The molecule has 0 saturated heterocycles. The van der Waals surface area contributed by atoms with Crippen LogP contribution >= 0.6 is 23.5 Å². The summed E-state index contributed by atoms with van der Waals surface area (Å²) < 4.78 is 10.2. The lowest BCUT2D eigenvalue weighted by atomic mass is 10.9. The summed E-state index contributed by atoms with van der Waals surface area (Å²) in [6.45, 7) is 4.13. The fraction of sp³-hybridized carbons (Fsp3) is 1.00. The van der Waals surface area contributed by atoms with Gasteiger partial charge in [-0.2, -0.15) is 0 Å². The van der Waals surface area contributed by atoms with Crippen molar-refractivity contribution in [3.63, 3.8) is 0 Å². The van der Waals surface area contributed by atoms with Crippen LogP contribution in [-0.2, 0) is 9.47 Å².